The Kier molecular flexibility index (Phi) is 3.89. The van der Waals surface area contributed by atoms with E-state index in [4.69, 9.17) is 0 Å². The van der Waals surface area contributed by atoms with E-state index in [2.05, 4.69) is 45.0 Å². The molecule has 17 heavy (non-hydrogen) atoms. The molecule has 0 saturated heterocycles. The van der Waals surface area contributed by atoms with Gasteiger partial charge in [0.1, 0.15) is 4.60 Å². The zero-order chi connectivity index (χ0) is 12.3. The predicted octanol–water partition coefficient (Wildman–Crippen LogP) is 4.17. The standard InChI is InChI=1S/C14H15BrN2/c1-3-4-11-7-8-16-9-13(11)12-5-6-14(15)17-10(12)2/h5-9H,3-4H2,1-2H3. The van der Waals surface area contributed by atoms with Crippen molar-refractivity contribution >= 4 is 15.9 Å². The van der Waals surface area contributed by atoms with Crippen LogP contribution in [0.25, 0.3) is 11.1 Å². The first-order valence-corrected chi connectivity index (χ1v) is 6.58. The van der Waals surface area contributed by atoms with Crippen LogP contribution in [0.4, 0.5) is 0 Å². The first-order valence-electron chi connectivity index (χ1n) is 5.78. The molecule has 0 aliphatic rings. The number of hydrogen-bond donors (Lipinski definition) is 0. The highest BCUT2D eigenvalue weighted by atomic mass is 79.9. The van der Waals surface area contributed by atoms with E-state index in [1.54, 1.807) is 0 Å². The van der Waals surface area contributed by atoms with E-state index < -0.39 is 0 Å². The fourth-order valence-electron chi connectivity index (χ4n) is 1.97. The molecule has 0 N–H and O–H groups in total. The van der Waals surface area contributed by atoms with E-state index in [1.807, 2.05) is 25.4 Å². The Morgan fingerprint density at radius 1 is 1.18 bits per heavy atom. The Bertz CT molecular complexity index is 523. The maximum absolute atomic E-state index is 4.44. The first kappa shape index (κ1) is 12.2. The van der Waals surface area contributed by atoms with Gasteiger partial charge in [-0.15, -0.1) is 0 Å². The molecule has 0 saturated carbocycles. The topological polar surface area (TPSA) is 25.8 Å². The molecule has 0 aliphatic carbocycles. The molecule has 2 aromatic heterocycles. The van der Waals surface area contributed by atoms with Crippen LogP contribution in [0.2, 0.25) is 0 Å². The molecule has 0 bridgehead atoms. The van der Waals surface area contributed by atoms with Gasteiger partial charge in [-0.3, -0.25) is 4.98 Å². The van der Waals surface area contributed by atoms with Crippen molar-refractivity contribution in [2.24, 2.45) is 0 Å². The molecule has 0 aromatic carbocycles. The van der Waals surface area contributed by atoms with Crippen molar-refractivity contribution < 1.29 is 0 Å². The molecule has 0 fully saturated rings. The minimum Gasteiger partial charge on any atom is -0.264 e. The SMILES string of the molecule is CCCc1ccncc1-c1ccc(Br)nc1C. The summed E-state index contributed by atoms with van der Waals surface area (Å²) in [5.41, 5.74) is 4.75. The second kappa shape index (κ2) is 5.41. The molecule has 2 nitrogen and oxygen atoms in total. The van der Waals surface area contributed by atoms with Gasteiger partial charge in [0.05, 0.1) is 0 Å². The number of pyridine rings is 2. The largest absolute Gasteiger partial charge is 0.264 e. The van der Waals surface area contributed by atoms with Gasteiger partial charge in [0, 0.05) is 29.2 Å². The number of nitrogens with zero attached hydrogens (tertiary/aromatic N) is 2. The zero-order valence-corrected chi connectivity index (χ0v) is 11.7. The molecule has 3 heteroatoms. The van der Waals surface area contributed by atoms with Crippen molar-refractivity contribution in [1.82, 2.24) is 9.97 Å². The Morgan fingerprint density at radius 2 is 2.00 bits per heavy atom. The lowest BCUT2D eigenvalue weighted by Crippen LogP contribution is -1.94. The third-order valence-corrected chi connectivity index (χ3v) is 3.21. The summed E-state index contributed by atoms with van der Waals surface area (Å²) in [5.74, 6) is 0. The quantitative estimate of drug-likeness (QED) is 0.793. The monoisotopic (exact) mass is 290 g/mol. The summed E-state index contributed by atoms with van der Waals surface area (Å²) >= 11 is 3.39. The summed E-state index contributed by atoms with van der Waals surface area (Å²) in [7, 11) is 0. The van der Waals surface area contributed by atoms with Gasteiger partial charge in [-0.05, 0) is 53.0 Å². The van der Waals surface area contributed by atoms with E-state index in [-0.39, 0.29) is 0 Å². The van der Waals surface area contributed by atoms with Crippen molar-refractivity contribution in [3.63, 3.8) is 0 Å². The van der Waals surface area contributed by atoms with Crippen LogP contribution in [0.15, 0.2) is 35.2 Å². The van der Waals surface area contributed by atoms with Crippen molar-refractivity contribution in [3.05, 3.63) is 46.5 Å². The first-order chi connectivity index (χ1) is 8.22. The maximum Gasteiger partial charge on any atom is 0.106 e. The molecule has 88 valence electrons. The predicted molar refractivity (Wildman–Crippen MR) is 73.9 cm³/mol. The normalized spacial score (nSPS) is 10.5. The second-order valence-corrected chi connectivity index (χ2v) is 4.86. The van der Waals surface area contributed by atoms with Crippen LogP contribution < -0.4 is 0 Å². The fourth-order valence-corrected chi connectivity index (χ4v) is 2.37. The highest BCUT2D eigenvalue weighted by Crippen LogP contribution is 2.27. The van der Waals surface area contributed by atoms with E-state index in [0.717, 1.165) is 23.1 Å². The van der Waals surface area contributed by atoms with Crippen molar-refractivity contribution in [2.45, 2.75) is 26.7 Å². The molecule has 2 heterocycles. The van der Waals surface area contributed by atoms with E-state index in [0.29, 0.717) is 0 Å². The Labute approximate surface area is 110 Å². The smallest absolute Gasteiger partial charge is 0.106 e. The lowest BCUT2D eigenvalue weighted by atomic mass is 9.98. The van der Waals surface area contributed by atoms with Gasteiger partial charge >= 0.3 is 0 Å². The number of aryl methyl sites for hydroxylation is 2. The van der Waals surface area contributed by atoms with Gasteiger partial charge in [-0.25, -0.2) is 4.98 Å². The summed E-state index contributed by atoms with van der Waals surface area (Å²) in [5, 5.41) is 0. The average molecular weight is 291 g/mol. The van der Waals surface area contributed by atoms with Crippen LogP contribution in [-0.4, -0.2) is 9.97 Å². The molecule has 0 spiro atoms. The lowest BCUT2D eigenvalue weighted by Gasteiger charge is -2.10. The van der Waals surface area contributed by atoms with Crippen LogP contribution in [0, 0.1) is 6.92 Å². The second-order valence-electron chi connectivity index (χ2n) is 4.05. The summed E-state index contributed by atoms with van der Waals surface area (Å²) in [4.78, 5) is 8.67. The molecule has 0 amide bonds. The number of rotatable bonds is 3. The van der Waals surface area contributed by atoms with Crippen LogP contribution >= 0.6 is 15.9 Å². The highest BCUT2D eigenvalue weighted by molar-refractivity contribution is 9.10. The van der Waals surface area contributed by atoms with Gasteiger partial charge < -0.3 is 0 Å². The van der Waals surface area contributed by atoms with Gasteiger partial charge in [0.15, 0.2) is 0 Å². The van der Waals surface area contributed by atoms with Crippen LogP contribution in [0.5, 0.6) is 0 Å². The average Bonchev–Trinajstić information content (AvgIpc) is 2.31. The van der Waals surface area contributed by atoms with Crippen molar-refractivity contribution in [1.29, 1.82) is 0 Å². The summed E-state index contributed by atoms with van der Waals surface area (Å²) in [6, 6.07) is 6.17. The van der Waals surface area contributed by atoms with Crippen molar-refractivity contribution in [2.75, 3.05) is 0 Å². The minimum atomic E-state index is 0.875. The zero-order valence-electron chi connectivity index (χ0n) is 10.1. The van der Waals surface area contributed by atoms with Crippen LogP contribution in [0.1, 0.15) is 24.6 Å². The Morgan fingerprint density at radius 3 is 2.71 bits per heavy atom. The Balaban J connectivity index is 2.52. The third-order valence-electron chi connectivity index (χ3n) is 2.77. The molecule has 0 unspecified atom stereocenters. The molecule has 2 rings (SSSR count). The third kappa shape index (κ3) is 2.72. The highest BCUT2D eigenvalue weighted by Gasteiger charge is 2.08. The van der Waals surface area contributed by atoms with Gasteiger partial charge in [-0.2, -0.15) is 0 Å². The van der Waals surface area contributed by atoms with E-state index in [9.17, 15) is 0 Å². The molecule has 0 atom stereocenters. The summed E-state index contributed by atoms with van der Waals surface area (Å²) < 4.78 is 0.875. The van der Waals surface area contributed by atoms with Crippen molar-refractivity contribution in [3.8, 4) is 11.1 Å². The molecule has 0 radical (unpaired) electrons. The number of aromatic nitrogens is 2. The van der Waals surface area contributed by atoms with Gasteiger partial charge in [-0.1, -0.05) is 13.3 Å². The molecular weight excluding hydrogens is 276 g/mol. The molecule has 2 aromatic rings. The minimum absolute atomic E-state index is 0.875. The van der Waals surface area contributed by atoms with Gasteiger partial charge in [0.25, 0.3) is 0 Å². The van der Waals surface area contributed by atoms with Crippen LogP contribution in [0.3, 0.4) is 0 Å². The molecule has 0 aliphatic heterocycles. The number of hydrogen-bond acceptors (Lipinski definition) is 2. The van der Waals surface area contributed by atoms with E-state index in [1.165, 1.54) is 16.7 Å². The fraction of sp³-hybridized carbons (Fsp3) is 0.286. The maximum atomic E-state index is 4.44. The Hall–Kier alpha value is -1.22. The number of halogens is 1. The lowest BCUT2D eigenvalue weighted by molar-refractivity contribution is 0.919. The van der Waals surface area contributed by atoms with Gasteiger partial charge in [0.2, 0.25) is 0 Å². The van der Waals surface area contributed by atoms with Crippen LogP contribution in [-0.2, 0) is 6.42 Å². The van der Waals surface area contributed by atoms with E-state index >= 15 is 0 Å². The summed E-state index contributed by atoms with van der Waals surface area (Å²) in [6.45, 7) is 4.22. The molecular formula is C14H15BrN2. The summed E-state index contributed by atoms with van der Waals surface area (Å²) in [6.07, 6.45) is 6.01.